The maximum Gasteiger partial charge on any atom is 0.318 e. The summed E-state index contributed by atoms with van der Waals surface area (Å²) in [6, 6.07) is 13.1. The average Bonchev–Trinajstić information content (AvgIpc) is 3.70. The van der Waals surface area contributed by atoms with Crippen molar-refractivity contribution in [2.45, 2.75) is 70.2 Å². The molecule has 1 aromatic heterocycles. The zero-order valence-corrected chi connectivity index (χ0v) is 28.3. The molecule has 1 spiro atoms. The fraction of sp³-hybridized carbons (Fsp3) is 0.514. The monoisotopic (exact) mass is 653 g/mol. The highest BCUT2D eigenvalue weighted by Gasteiger charge is 2.49. The number of aromatic nitrogens is 2. The molecule has 2 saturated carbocycles. The number of benzene rings is 2. The van der Waals surface area contributed by atoms with Crippen molar-refractivity contribution >= 4 is 39.8 Å². The fourth-order valence-electron chi connectivity index (χ4n) is 8.12. The predicted octanol–water partition coefficient (Wildman–Crippen LogP) is 6.00. The van der Waals surface area contributed by atoms with Crippen molar-refractivity contribution in [1.29, 1.82) is 0 Å². The smallest absolute Gasteiger partial charge is 0.318 e. The van der Waals surface area contributed by atoms with Crippen LogP contribution in [0.15, 0.2) is 49.1 Å². The van der Waals surface area contributed by atoms with Gasteiger partial charge < -0.3 is 24.3 Å². The number of nitrogens with zero attached hydrogens (tertiary/aromatic N) is 7. The van der Waals surface area contributed by atoms with Crippen LogP contribution in [0.3, 0.4) is 0 Å². The minimum atomic E-state index is -0.242. The summed E-state index contributed by atoms with van der Waals surface area (Å²) in [6.45, 7) is 17.4. The second kappa shape index (κ2) is 13.0. The van der Waals surface area contributed by atoms with Crippen LogP contribution in [0.4, 0.5) is 11.5 Å². The summed E-state index contributed by atoms with van der Waals surface area (Å²) in [6.07, 6.45) is 8.72. The van der Waals surface area contributed by atoms with Gasteiger partial charge in [0.1, 0.15) is 18.0 Å². The minimum Gasteiger partial charge on any atom is -0.459 e. The highest BCUT2D eigenvalue weighted by atomic mass is 35.5. The molecule has 3 aromatic rings. The minimum absolute atomic E-state index is 0.0878. The summed E-state index contributed by atoms with van der Waals surface area (Å²) in [5.41, 5.74) is 3.77. The van der Waals surface area contributed by atoms with Gasteiger partial charge in [-0.1, -0.05) is 42.4 Å². The van der Waals surface area contributed by atoms with E-state index in [0.717, 1.165) is 58.1 Å². The van der Waals surface area contributed by atoms with Crippen LogP contribution in [0.2, 0.25) is 5.02 Å². The molecule has 2 aliphatic heterocycles. The Morgan fingerprint density at radius 3 is 2.74 bits per heavy atom. The van der Waals surface area contributed by atoms with Crippen LogP contribution in [-0.2, 0) is 17.8 Å². The number of amides is 1. The summed E-state index contributed by atoms with van der Waals surface area (Å²) in [4.78, 5) is 35.2. The molecule has 1 amide bonds. The highest BCUT2D eigenvalue weighted by molar-refractivity contribution is 6.36. The number of halogens is 1. The number of fused-ring (bicyclic) bond motifs is 2. The van der Waals surface area contributed by atoms with Crippen molar-refractivity contribution in [3.8, 4) is 6.01 Å². The molecular weight excluding hydrogens is 610 g/mol. The van der Waals surface area contributed by atoms with E-state index in [1.165, 1.54) is 38.2 Å². The largest absolute Gasteiger partial charge is 0.459 e. The summed E-state index contributed by atoms with van der Waals surface area (Å²) < 4.78 is 6.53. The number of carbonyl (C=O) groups excluding carboxylic acids is 1. The first-order valence-corrected chi connectivity index (χ1v) is 17.4. The molecule has 10 heteroatoms. The molecule has 2 aromatic carbocycles. The van der Waals surface area contributed by atoms with Gasteiger partial charge in [0, 0.05) is 55.4 Å². The van der Waals surface area contributed by atoms with Gasteiger partial charge in [0.15, 0.2) is 0 Å². The maximum atomic E-state index is 12.6. The van der Waals surface area contributed by atoms with Gasteiger partial charge in [-0.15, -0.1) is 0 Å². The van der Waals surface area contributed by atoms with Crippen molar-refractivity contribution in [2.24, 2.45) is 5.41 Å². The molecule has 47 heavy (non-hydrogen) atoms. The van der Waals surface area contributed by atoms with E-state index < -0.39 is 0 Å². The number of carbonyl (C=O) groups is 1. The molecule has 0 radical (unpaired) electrons. The maximum absolute atomic E-state index is 12.6. The zero-order chi connectivity index (χ0) is 32.7. The van der Waals surface area contributed by atoms with Gasteiger partial charge in [0.2, 0.25) is 12.5 Å². The molecular formula is C37H44ClN7O2. The van der Waals surface area contributed by atoms with E-state index >= 15 is 0 Å². The van der Waals surface area contributed by atoms with Gasteiger partial charge in [0.25, 0.3) is 0 Å². The molecule has 9 nitrogen and oxygen atoms in total. The van der Waals surface area contributed by atoms with E-state index in [1.54, 1.807) is 4.90 Å². The van der Waals surface area contributed by atoms with Gasteiger partial charge in [-0.05, 0) is 81.5 Å². The highest BCUT2D eigenvalue weighted by Crippen LogP contribution is 2.58. The molecule has 3 heterocycles. The standard InChI is InChI=1S/C37H44ClN7O2/c1-5-33(46)45-19-18-44(23-28(45)21-39-3)35-29-13-17-43(32-11-7-9-26-8-6-10-30(38)34(26)32)24-31(29)40-36(41-35)47-25(2)22-42(4)27-12-14-37(20-27)15-16-37/h5-11,25,27-28H,1,12-24H2,2,4H3/t25-,27?,28-/m0/s1. The van der Waals surface area contributed by atoms with E-state index in [9.17, 15) is 4.79 Å². The first-order valence-electron chi connectivity index (χ1n) is 17.0. The second-order valence-electron chi connectivity index (χ2n) is 14.0. The Morgan fingerprint density at radius 2 is 2.00 bits per heavy atom. The lowest BCUT2D eigenvalue weighted by Crippen LogP contribution is -2.56. The SMILES string of the molecule is [C-]#[N+]C[C@H]1CN(c2nc(O[C@@H](C)CN(C)C3CCC4(CC4)C3)nc3c2CCN(c2cccc4cccc(Cl)c24)C3)CCN1C(=O)C=C. The summed E-state index contributed by atoms with van der Waals surface area (Å²) in [5.74, 6) is 0.720. The van der Waals surface area contributed by atoms with Crippen LogP contribution in [0.1, 0.15) is 50.3 Å². The van der Waals surface area contributed by atoms with Crippen LogP contribution in [0, 0.1) is 12.0 Å². The van der Waals surface area contributed by atoms with Gasteiger partial charge in [0.05, 0.1) is 17.3 Å². The Hall–Kier alpha value is -3.87. The Labute approximate surface area is 283 Å². The molecule has 3 atom stereocenters. The quantitative estimate of drug-likeness (QED) is 0.207. The van der Waals surface area contributed by atoms with Crippen LogP contribution in [0.5, 0.6) is 6.01 Å². The lowest BCUT2D eigenvalue weighted by molar-refractivity contribution is -0.128. The van der Waals surface area contributed by atoms with Crippen molar-refractivity contribution in [1.82, 2.24) is 19.8 Å². The van der Waals surface area contributed by atoms with E-state index in [2.05, 4.69) is 64.4 Å². The predicted molar refractivity (Wildman–Crippen MR) is 187 cm³/mol. The number of ether oxygens (including phenoxy) is 1. The Bertz CT molecular complexity index is 1710. The van der Waals surface area contributed by atoms with Crippen LogP contribution < -0.4 is 14.5 Å². The number of piperazine rings is 1. The number of rotatable bonds is 9. The third-order valence-corrected chi connectivity index (χ3v) is 11.2. The summed E-state index contributed by atoms with van der Waals surface area (Å²) in [7, 11) is 2.22. The summed E-state index contributed by atoms with van der Waals surface area (Å²) >= 11 is 6.74. The Balaban J connectivity index is 1.18. The summed E-state index contributed by atoms with van der Waals surface area (Å²) in [5, 5.41) is 2.90. The lowest BCUT2D eigenvalue weighted by atomic mass is 10.0. The molecule has 3 fully saturated rings. The molecule has 1 saturated heterocycles. The van der Waals surface area contributed by atoms with E-state index in [-0.39, 0.29) is 24.6 Å². The van der Waals surface area contributed by atoms with Crippen molar-refractivity contribution in [2.75, 3.05) is 56.1 Å². The first-order chi connectivity index (χ1) is 22.8. The Kier molecular flexibility index (Phi) is 8.75. The number of hydrogen-bond acceptors (Lipinski definition) is 7. The molecule has 0 bridgehead atoms. The van der Waals surface area contributed by atoms with Crippen molar-refractivity contribution in [3.05, 3.63) is 76.8 Å². The van der Waals surface area contributed by atoms with Gasteiger partial charge >= 0.3 is 6.01 Å². The molecule has 246 valence electrons. The van der Waals surface area contributed by atoms with E-state index in [1.807, 2.05) is 12.1 Å². The lowest BCUT2D eigenvalue weighted by Gasteiger charge is -2.41. The average molecular weight is 654 g/mol. The van der Waals surface area contributed by atoms with Gasteiger partial charge in [-0.3, -0.25) is 9.69 Å². The molecule has 0 N–H and O–H groups in total. The second-order valence-corrected chi connectivity index (χ2v) is 14.4. The molecule has 1 unspecified atom stereocenters. The zero-order valence-electron chi connectivity index (χ0n) is 27.5. The molecule has 2 aliphatic carbocycles. The van der Waals surface area contributed by atoms with Crippen molar-refractivity contribution < 1.29 is 9.53 Å². The number of hydrogen-bond donors (Lipinski definition) is 0. The van der Waals surface area contributed by atoms with E-state index in [4.69, 9.17) is 32.9 Å². The third kappa shape index (κ3) is 6.38. The third-order valence-electron chi connectivity index (χ3n) is 10.8. The topological polar surface area (TPSA) is 69.4 Å². The van der Waals surface area contributed by atoms with E-state index in [0.29, 0.717) is 43.6 Å². The molecule has 7 rings (SSSR count). The van der Waals surface area contributed by atoms with Gasteiger partial charge in [-0.2, -0.15) is 9.97 Å². The van der Waals surface area contributed by atoms with Crippen LogP contribution in [-0.4, -0.2) is 90.2 Å². The fourth-order valence-corrected chi connectivity index (χ4v) is 8.40. The van der Waals surface area contributed by atoms with Crippen LogP contribution >= 0.6 is 11.6 Å². The normalized spacial score (nSPS) is 22.3. The first kappa shape index (κ1) is 31.7. The van der Waals surface area contributed by atoms with Crippen molar-refractivity contribution in [3.63, 3.8) is 0 Å². The van der Waals surface area contributed by atoms with Crippen LogP contribution in [0.25, 0.3) is 15.6 Å². The Morgan fingerprint density at radius 1 is 1.19 bits per heavy atom. The molecule has 4 aliphatic rings. The number of likely N-dealkylation sites (N-methyl/N-ethyl adjacent to an activating group) is 1. The van der Waals surface area contributed by atoms with Gasteiger partial charge in [-0.25, -0.2) is 6.57 Å². The number of anilines is 2.